The summed E-state index contributed by atoms with van der Waals surface area (Å²) in [5.41, 5.74) is -0.00621. The molecule has 1 saturated heterocycles. The molecule has 0 aliphatic carbocycles. The molecular weight excluding hydrogens is 1220 g/mol. The fraction of sp³-hybridized carbons (Fsp3) is 0.652. The first-order valence-corrected chi connectivity index (χ1v) is 36.1. The molecule has 91 heavy (non-hydrogen) atoms. The van der Waals surface area contributed by atoms with Crippen LogP contribution in [0.2, 0.25) is 0 Å². The first-order chi connectivity index (χ1) is 43.1. The van der Waals surface area contributed by atoms with Crippen LogP contribution in [-0.4, -0.2) is 93.2 Å². The maximum Gasteiger partial charge on any atom is 1.00 e. The fourth-order valence-corrected chi connectivity index (χ4v) is 11.8. The van der Waals surface area contributed by atoms with E-state index in [0.29, 0.717) is 12.8 Å². The second kappa shape index (κ2) is 51.1. The Morgan fingerprint density at radius 1 is 0.473 bits per heavy atom. The monoisotopic (exact) mass is 1330 g/mol. The van der Waals surface area contributed by atoms with Crippen molar-refractivity contribution in [3.8, 4) is 0 Å². The summed E-state index contributed by atoms with van der Waals surface area (Å²) >= 11 is 0. The van der Waals surface area contributed by atoms with Crippen LogP contribution in [0.4, 0.5) is 0 Å². The minimum atomic E-state index is -5.80. The van der Waals surface area contributed by atoms with E-state index < -0.39 is 88.0 Å². The molecule has 4 rings (SSSR count). The van der Waals surface area contributed by atoms with Gasteiger partial charge in [-0.1, -0.05) is 274 Å². The normalized spacial score (nSPS) is 17.0. The molecule has 1 aliphatic heterocycles. The maximum absolute atomic E-state index is 14.1. The van der Waals surface area contributed by atoms with Crippen LogP contribution in [0.5, 0.6) is 0 Å². The van der Waals surface area contributed by atoms with Crippen LogP contribution >= 0.6 is 0 Å². The molecule has 22 heteroatoms. The van der Waals surface area contributed by atoms with E-state index in [9.17, 15) is 45.1 Å². The molecular formula is C69H103NNa2O17S2. The van der Waals surface area contributed by atoms with Gasteiger partial charge in [0, 0.05) is 6.42 Å². The number of hydrogen-bond acceptors (Lipinski definition) is 17. The number of carbonyl (C=O) groups excluding carboxylic acids is 4. The first kappa shape index (κ1) is 83.9. The van der Waals surface area contributed by atoms with Crippen LogP contribution in [0.1, 0.15) is 276 Å². The Kier molecular flexibility index (Phi) is 47.1. The van der Waals surface area contributed by atoms with E-state index in [-0.39, 0.29) is 94.3 Å². The third-order valence-corrected chi connectivity index (χ3v) is 16.9. The summed E-state index contributed by atoms with van der Waals surface area (Å²) in [4.78, 5) is 56.0. The van der Waals surface area contributed by atoms with Crippen molar-refractivity contribution < 1.29 is 136 Å². The number of benzene rings is 3. The van der Waals surface area contributed by atoms with E-state index in [1.807, 2.05) is 0 Å². The topological polar surface area (TPSA) is 259 Å². The molecule has 500 valence electrons. The predicted octanol–water partition coefficient (Wildman–Crippen LogP) is 9.78. The SMILES string of the molecule is CCCCCCCCCCCCCCCCCCCCCCCC(=O)NC(=CO[C@@H]1O[C@H](COS(=O)(=O)[O-])[C@H](OS(=O)(=O)[O-])[C@H](OC(=O)c2ccccc2)[C@@H]1OC(=O)c1ccccc1)[C@@H](CCCCCCCCCCCCCCC)OC(=O)c1ccccc1.[Na+].[Na+]. The molecule has 0 aromatic heterocycles. The fourth-order valence-electron chi connectivity index (χ4n) is 11.0. The second-order valence-electron chi connectivity index (χ2n) is 23.5. The zero-order valence-corrected chi connectivity index (χ0v) is 60.8. The summed E-state index contributed by atoms with van der Waals surface area (Å²) in [5, 5.41) is 2.90. The number of rotatable bonds is 51. The Morgan fingerprint density at radius 3 is 1.20 bits per heavy atom. The zero-order chi connectivity index (χ0) is 64.2. The van der Waals surface area contributed by atoms with E-state index in [2.05, 4.69) is 23.3 Å². The molecule has 1 N–H and O–H groups in total. The average Bonchev–Trinajstić information content (AvgIpc) is 1.02. The number of hydrogen-bond donors (Lipinski definition) is 1. The minimum Gasteiger partial charge on any atom is -0.726 e. The third kappa shape index (κ3) is 38.8. The molecule has 0 bridgehead atoms. The van der Waals surface area contributed by atoms with E-state index in [1.54, 1.807) is 42.5 Å². The smallest absolute Gasteiger partial charge is 0.726 e. The Bertz CT molecular complexity index is 2660. The van der Waals surface area contributed by atoms with E-state index in [0.717, 1.165) is 64.0 Å². The van der Waals surface area contributed by atoms with Crippen molar-refractivity contribution in [1.82, 2.24) is 5.32 Å². The molecule has 0 radical (unpaired) electrons. The van der Waals surface area contributed by atoms with Crippen molar-refractivity contribution in [2.45, 2.75) is 282 Å². The summed E-state index contributed by atoms with van der Waals surface area (Å²) in [6.45, 7) is 3.14. The van der Waals surface area contributed by atoms with Gasteiger partial charge in [-0.05, 0) is 55.7 Å². The van der Waals surface area contributed by atoms with Crippen molar-refractivity contribution >= 4 is 44.6 Å². The van der Waals surface area contributed by atoms with Crippen LogP contribution in [0.25, 0.3) is 0 Å². The van der Waals surface area contributed by atoms with Gasteiger partial charge in [0.25, 0.3) is 0 Å². The zero-order valence-electron chi connectivity index (χ0n) is 55.1. The quantitative estimate of drug-likeness (QED) is 0.0105. The van der Waals surface area contributed by atoms with Gasteiger partial charge in [-0.15, -0.1) is 0 Å². The summed E-state index contributed by atoms with van der Waals surface area (Å²) in [6, 6.07) is 23.0. The van der Waals surface area contributed by atoms with Gasteiger partial charge in [0.1, 0.15) is 24.6 Å². The standard InChI is InChI=1S/C69H105NO17S2.2Na/c1-3-5-7-9-11-13-15-17-18-19-20-21-22-23-24-26-28-30-32-34-45-53-62(71)70-59(60(83-66(72)56-46-38-35-39-47-56)52-44-33-31-29-27-25-16-14-12-10-8-6-4-2)54-81-69-65(86-68(74)58-50-42-37-43-51-58)64(85-67(73)57-48-40-36-41-49-57)63(87-89(78,79)80)61(84-69)55-82-88(75,76)77;;/h35-43,46-51,54,60-61,63-65,69H,3-34,44-45,52-53,55H2,1-2H3,(H,70,71)(H,75,76,77)(H,78,79,80);;/q;2*+1/p-2/t60-,61-,63+,64+,65+,69-;;/m1../s1. The molecule has 1 heterocycles. The maximum atomic E-state index is 14.1. The average molecular weight is 1330 g/mol. The number of esters is 3. The number of unbranched alkanes of at least 4 members (excludes halogenated alkanes) is 32. The molecule has 6 atom stereocenters. The van der Waals surface area contributed by atoms with Crippen molar-refractivity contribution in [2.75, 3.05) is 6.61 Å². The summed E-state index contributed by atoms with van der Waals surface area (Å²) < 4.78 is 113. The van der Waals surface area contributed by atoms with Gasteiger partial charge >= 0.3 is 77.0 Å². The third-order valence-electron chi connectivity index (χ3n) is 16.0. The van der Waals surface area contributed by atoms with Crippen LogP contribution in [-0.2, 0) is 57.6 Å². The van der Waals surface area contributed by atoms with Gasteiger partial charge in [0.2, 0.25) is 39.1 Å². The van der Waals surface area contributed by atoms with Gasteiger partial charge in [0.15, 0.2) is 6.10 Å². The Morgan fingerprint density at radius 2 is 0.824 bits per heavy atom. The van der Waals surface area contributed by atoms with Gasteiger partial charge in [0.05, 0.1) is 29.0 Å². The minimum absolute atomic E-state index is 0. The van der Waals surface area contributed by atoms with Gasteiger partial charge in [-0.25, -0.2) is 31.2 Å². The van der Waals surface area contributed by atoms with Gasteiger partial charge < -0.3 is 38.1 Å². The predicted molar refractivity (Wildman–Crippen MR) is 341 cm³/mol. The van der Waals surface area contributed by atoms with Gasteiger partial charge in [-0.2, -0.15) is 0 Å². The van der Waals surface area contributed by atoms with Crippen LogP contribution in [0, 0.1) is 0 Å². The molecule has 3 aromatic rings. The summed E-state index contributed by atoms with van der Waals surface area (Å²) in [7, 11) is -11.3. The molecule has 3 aromatic carbocycles. The molecule has 1 aliphatic rings. The van der Waals surface area contributed by atoms with Crippen molar-refractivity contribution in [3.63, 3.8) is 0 Å². The van der Waals surface area contributed by atoms with Crippen LogP contribution in [0.15, 0.2) is 103 Å². The van der Waals surface area contributed by atoms with E-state index in [1.165, 1.54) is 196 Å². The Hall–Kier alpha value is -3.22. The molecule has 0 spiro atoms. The number of carbonyl (C=O) groups is 4. The number of amides is 1. The molecule has 1 fully saturated rings. The van der Waals surface area contributed by atoms with Crippen molar-refractivity contribution in [3.05, 3.63) is 120 Å². The molecule has 0 unspecified atom stereocenters. The van der Waals surface area contributed by atoms with E-state index >= 15 is 0 Å². The largest absolute Gasteiger partial charge is 1.00 e. The molecule has 1 amide bonds. The Balaban J connectivity index is 0.0000141. The Labute approximate surface area is 589 Å². The number of nitrogens with one attached hydrogen (secondary N) is 1. The van der Waals surface area contributed by atoms with Crippen LogP contribution in [0.3, 0.4) is 0 Å². The number of ether oxygens (including phenoxy) is 5. The first-order valence-electron chi connectivity index (χ1n) is 33.4. The second-order valence-corrected chi connectivity index (χ2v) is 25.6. The van der Waals surface area contributed by atoms with Crippen molar-refractivity contribution in [1.29, 1.82) is 0 Å². The summed E-state index contributed by atoms with van der Waals surface area (Å²) in [5.74, 6) is -3.41. The van der Waals surface area contributed by atoms with Crippen molar-refractivity contribution in [2.24, 2.45) is 0 Å². The molecule has 0 saturated carbocycles. The van der Waals surface area contributed by atoms with Gasteiger partial charge in [-0.3, -0.25) is 13.2 Å². The molecule has 18 nitrogen and oxygen atoms in total. The summed E-state index contributed by atoms with van der Waals surface area (Å²) in [6.07, 6.45) is 28.9. The van der Waals surface area contributed by atoms with Crippen LogP contribution < -0.4 is 64.4 Å². The van der Waals surface area contributed by atoms with E-state index in [4.69, 9.17) is 27.9 Å².